The molecule has 1 radical (unpaired) electrons. The van der Waals surface area contributed by atoms with Gasteiger partial charge in [0.15, 0.2) is 0 Å². The van der Waals surface area contributed by atoms with Crippen LogP contribution < -0.4 is 5.73 Å². The zero-order valence-electron chi connectivity index (χ0n) is 8.37. The van der Waals surface area contributed by atoms with E-state index in [0.717, 1.165) is 16.7 Å². The van der Waals surface area contributed by atoms with Gasteiger partial charge in [0, 0.05) is 0 Å². The van der Waals surface area contributed by atoms with E-state index in [1.54, 1.807) is 18.4 Å². The van der Waals surface area contributed by atoms with Gasteiger partial charge in [-0.3, -0.25) is 4.79 Å². The molecule has 1 atom stereocenters. The van der Waals surface area contributed by atoms with Gasteiger partial charge in [0.1, 0.15) is 5.75 Å². The summed E-state index contributed by atoms with van der Waals surface area (Å²) in [4.78, 5) is 10.3. The molecule has 0 fully saturated rings. The van der Waals surface area contributed by atoms with Gasteiger partial charge >= 0.3 is 0 Å². The number of phenolic OH excluding ortho intramolecular Hbond substituents is 1. The molecule has 0 spiro atoms. The van der Waals surface area contributed by atoms with E-state index in [4.69, 9.17) is 5.73 Å². The van der Waals surface area contributed by atoms with Crippen LogP contribution in [0.5, 0.6) is 5.75 Å². The van der Waals surface area contributed by atoms with Crippen molar-refractivity contribution in [3.05, 3.63) is 28.8 Å². The molecule has 0 aromatic heterocycles. The van der Waals surface area contributed by atoms with Crippen LogP contribution in [0.25, 0.3) is 0 Å². The first-order valence-corrected chi connectivity index (χ1v) is 4.47. The number of aromatic hydroxyl groups is 1. The molecule has 0 amide bonds. The van der Waals surface area contributed by atoms with Gasteiger partial charge in [0.25, 0.3) is 0 Å². The van der Waals surface area contributed by atoms with Gasteiger partial charge in [-0.25, -0.2) is 0 Å². The lowest BCUT2D eigenvalue weighted by atomic mass is 9.97. The van der Waals surface area contributed by atoms with E-state index in [-0.39, 0.29) is 5.75 Å². The predicted molar refractivity (Wildman–Crippen MR) is 55.0 cm³/mol. The Bertz CT molecular complexity index is 324. The van der Waals surface area contributed by atoms with Gasteiger partial charge in [-0.05, 0) is 49.1 Å². The van der Waals surface area contributed by atoms with E-state index < -0.39 is 6.04 Å². The molecule has 0 aliphatic rings. The third-order valence-electron chi connectivity index (χ3n) is 2.26. The Morgan fingerprint density at radius 2 is 1.93 bits per heavy atom. The second kappa shape index (κ2) is 4.24. The van der Waals surface area contributed by atoms with Gasteiger partial charge < -0.3 is 10.8 Å². The number of phenols is 1. The van der Waals surface area contributed by atoms with Crippen molar-refractivity contribution in [1.82, 2.24) is 0 Å². The van der Waals surface area contributed by atoms with Crippen LogP contribution in [0.3, 0.4) is 0 Å². The molecular weight excluding hydrogens is 178 g/mol. The van der Waals surface area contributed by atoms with E-state index >= 15 is 0 Å². The normalized spacial score (nSPS) is 12.5. The molecule has 0 saturated heterocycles. The summed E-state index contributed by atoms with van der Waals surface area (Å²) < 4.78 is 0. The van der Waals surface area contributed by atoms with E-state index in [1.165, 1.54) is 0 Å². The van der Waals surface area contributed by atoms with E-state index in [1.807, 2.05) is 13.8 Å². The first-order valence-electron chi connectivity index (χ1n) is 4.47. The summed E-state index contributed by atoms with van der Waals surface area (Å²) in [6.07, 6.45) is 2.22. The number of carbonyl (C=O) groups excluding carboxylic acids is 1. The summed E-state index contributed by atoms with van der Waals surface area (Å²) in [5.41, 5.74) is 8.41. The van der Waals surface area contributed by atoms with E-state index in [2.05, 4.69) is 0 Å². The van der Waals surface area contributed by atoms with Crippen molar-refractivity contribution in [3.63, 3.8) is 0 Å². The first-order chi connectivity index (χ1) is 6.54. The standard InChI is InChI=1S/C11H14NO2/c1-7-3-10(14)4-8(2)11(7)5-9(12)6-13/h3-4,9,14H,5,12H2,1-2H3. The lowest BCUT2D eigenvalue weighted by Crippen LogP contribution is -2.24. The highest BCUT2D eigenvalue weighted by Gasteiger charge is 2.09. The van der Waals surface area contributed by atoms with Crippen LogP contribution in [-0.4, -0.2) is 17.4 Å². The molecule has 0 aliphatic carbocycles. The highest BCUT2D eigenvalue weighted by Crippen LogP contribution is 2.21. The van der Waals surface area contributed by atoms with Crippen LogP contribution in [0.15, 0.2) is 12.1 Å². The maximum atomic E-state index is 10.3. The zero-order valence-corrected chi connectivity index (χ0v) is 8.37. The average molecular weight is 192 g/mol. The molecule has 3 heteroatoms. The SMILES string of the molecule is Cc1cc(O)cc(C)c1CC(N)[C]=O. The van der Waals surface area contributed by atoms with Gasteiger partial charge in [-0.2, -0.15) is 0 Å². The Morgan fingerprint density at radius 1 is 1.43 bits per heavy atom. The molecule has 0 saturated carbocycles. The lowest BCUT2D eigenvalue weighted by molar-refractivity contribution is 0.474. The van der Waals surface area contributed by atoms with Crippen LogP contribution in [0.1, 0.15) is 16.7 Å². The van der Waals surface area contributed by atoms with Crippen molar-refractivity contribution in [1.29, 1.82) is 0 Å². The smallest absolute Gasteiger partial charge is 0.217 e. The molecule has 1 aromatic carbocycles. The maximum absolute atomic E-state index is 10.3. The van der Waals surface area contributed by atoms with E-state index in [0.29, 0.717) is 6.42 Å². The van der Waals surface area contributed by atoms with Crippen molar-refractivity contribution >= 4 is 6.29 Å². The predicted octanol–water partition coefficient (Wildman–Crippen LogP) is 0.989. The fraction of sp³-hybridized carbons (Fsp3) is 0.364. The minimum Gasteiger partial charge on any atom is -0.508 e. The first kappa shape index (κ1) is 10.7. The molecule has 14 heavy (non-hydrogen) atoms. The summed E-state index contributed by atoms with van der Waals surface area (Å²) in [7, 11) is 0. The Labute approximate surface area is 83.6 Å². The minimum atomic E-state index is -0.586. The molecule has 1 aromatic rings. The largest absolute Gasteiger partial charge is 0.508 e. The number of benzene rings is 1. The third-order valence-corrected chi connectivity index (χ3v) is 2.26. The van der Waals surface area contributed by atoms with Crippen molar-refractivity contribution in [2.45, 2.75) is 26.3 Å². The number of aryl methyl sites for hydroxylation is 2. The van der Waals surface area contributed by atoms with Crippen molar-refractivity contribution in [2.24, 2.45) is 5.73 Å². The van der Waals surface area contributed by atoms with Crippen LogP contribution in [0.4, 0.5) is 0 Å². The number of hydrogen-bond donors (Lipinski definition) is 2. The van der Waals surface area contributed by atoms with Gasteiger partial charge in [-0.1, -0.05) is 0 Å². The van der Waals surface area contributed by atoms with Crippen LogP contribution in [0, 0.1) is 13.8 Å². The third kappa shape index (κ3) is 2.33. The fourth-order valence-electron chi connectivity index (χ4n) is 1.55. The molecule has 3 N–H and O–H groups in total. The molecular formula is C11H14NO2. The van der Waals surface area contributed by atoms with Crippen molar-refractivity contribution in [2.75, 3.05) is 0 Å². The quantitative estimate of drug-likeness (QED) is 0.750. The Hall–Kier alpha value is -1.35. The molecule has 75 valence electrons. The van der Waals surface area contributed by atoms with Gasteiger partial charge in [0.05, 0.1) is 6.04 Å². The molecule has 0 heterocycles. The Kier molecular flexibility index (Phi) is 3.25. The van der Waals surface area contributed by atoms with Crippen molar-refractivity contribution in [3.8, 4) is 5.75 Å². The summed E-state index contributed by atoms with van der Waals surface area (Å²) in [5.74, 6) is 0.243. The van der Waals surface area contributed by atoms with Gasteiger partial charge in [0.2, 0.25) is 6.29 Å². The monoisotopic (exact) mass is 192 g/mol. The Balaban J connectivity index is 3.02. The average Bonchev–Trinajstić information content (AvgIpc) is 2.10. The molecule has 1 unspecified atom stereocenters. The molecule has 3 nitrogen and oxygen atoms in total. The van der Waals surface area contributed by atoms with E-state index in [9.17, 15) is 9.90 Å². The van der Waals surface area contributed by atoms with Crippen LogP contribution >= 0.6 is 0 Å². The summed E-state index contributed by atoms with van der Waals surface area (Å²) in [6.45, 7) is 3.78. The number of nitrogens with two attached hydrogens (primary N) is 1. The highest BCUT2D eigenvalue weighted by atomic mass is 16.3. The number of rotatable bonds is 3. The van der Waals surface area contributed by atoms with Crippen LogP contribution in [0.2, 0.25) is 0 Å². The lowest BCUT2D eigenvalue weighted by Gasteiger charge is -2.11. The molecule has 1 rings (SSSR count). The fourth-order valence-corrected chi connectivity index (χ4v) is 1.55. The number of hydrogen-bond acceptors (Lipinski definition) is 3. The highest BCUT2D eigenvalue weighted by molar-refractivity contribution is 5.59. The second-order valence-corrected chi connectivity index (χ2v) is 3.49. The molecule has 0 aliphatic heterocycles. The summed E-state index contributed by atoms with van der Waals surface area (Å²) in [5, 5.41) is 9.30. The summed E-state index contributed by atoms with van der Waals surface area (Å²) >= 11 is 0. The topological polar surface area (TPSA) is 63.3 Å². The minimum absolute atomic E-state index is 0.243. The second-order valence-electron chi connectivity index (χ2n) is 3.49. The summed E-state index contributed by atoms with van der Waals surface area (Å²) in [6, 6.07) is 2.75. The van der Waals surface area contributed by atoms with Crippen LogP contribution in [-0.2, 0) is 11.2 Å². The Morgan fingerprint density at radius 3 is 2.36 bits per heavy atom. The maximum Gasteiger partial charge on any atom is 0.217 e. The zero-order chi connectivity index (χ0) is 10.7. The van der Waals surface area contributed by atoms with Crippen molar-refractivity contribution < 1.29 is 9.90 Å². The molecule has 0 bridgehead atoms. The van der Waals surface area contributed by atoms with Gasteiger partial charge in [-0.15, -0.1) is 0 Å².